The summed E-state index contributed by atoms with van der Waals surface area (Å²) in [6, 6.07) is 7.73. The standard InChI is InChI=1S/C24H33N3O4/c1-14(2)12-27(13-15(3)4)22-7-6-17(19-11-20(19)24(29)30)9-21(22)25-23(28)10-18-8-16(5)31-26-18/h6-9,14-15,19-20H,10-13H2,1-5H3,(H,25,28)(H,29,30)/t19?,20-/m0/s1. The molecule has 168 valence electrons. The Hall–Kier alpha value is -2.83. The number of anilines is 2. The lowest BCUT2D eigenvalue weighted by Crippen LogP contribution is -2.32. The zero-order valence-electron chi connectivity index (χ0n) is 19.0. The summed E-state index contributed by atoms with van der Waals surface area (Å²) in [4.78, 5) is 26.4. The van der Waals surface area contributed by atoms with E-state index in [1.807, 2.05) is 18.2 Å². The van der Waals surface area contributed by atoms with Crippen molar-refractivity contribution in [2.75, 3.05) is 23.3 Å². The third-order valence-electron chi connectivity index (χ3n) is 5.36. The van der Waals surface area contributed by atoms with Crippen LogP contribution in [-0.4, -0.2) is 35.2 Å². The topological polar surface area (TPSA) is 95.7 Å². The minimum Gasteiger partial charge on any atom is -0.481 e. The summed E-state index contributed by atoms with van der Waals surface area (Å²) in [6.45, 7) is 12.2. The number of hydrogen-bond donors (Lipinski definition) is 2. The molecule has 0 radical (unpaired) electrons. The van der Waals surface area contributed by atoms with E-state index in [0.29, 0.717) is 29.7 Å². The normalized spacial score (nSPS) is 17.8. The van der Waals surface area contributed by atoms with Gasteiger partial charge in [0, 0.05) is 19.2 Å². The van der Waals surface area contributed by atoms with Crippen molar-refractivity contribution in [1.29, 1.82) is 0 Å². The number of aliphatic carboxylic acids is 1. The van der Waals surface area contributed by atoms with Crippen LogP contribution in [0, 0.1) is 24.7 Å². The number of hydrogen-bond acceptors (Lipinski definition) is 5. The number of carbonyl (C=O) groups excluding carboxylic acids is 1. The summed E-state index contributed by atoms with van der Waals surface area (Å²) >= 11 is 0. The van der Waals surface area contributed by atoms with Crippen LogP contribution in [0.25, 0.3) is 0 Å². The molecule has 0 bridgehead atoms. The molecule has 0 aliphatic heterocycles. The van der Waals surface area contributed by atoms with Gasteiger partial charge >= 0.3 is 5.97 Å². The minimum atomic E-state index is -0.762. The van der Waals surface area contributed by atoms with Crippen molar-refractivity contribution < 1.29 is 19.2 Å². The Labute approximate surface area is 183 Å². The lowest BCUT2D eigenvalue weighted by atomic mass is 10.0. The van der Waals surface area contributed by atoms with Crippen molar-refractivity contribution in [3.05, 3.63) is 41.3 Å². The molecule has 2 N–H and O–H groups in total. The molecule has 1 fully saturated rings. The molecule has 7 nitrogen and oxygen atoms in total. The fraction of sp³-hybridized carbons (Fsp3) is 0.542. The summed E-state index contributed by atoms with van der Waals surface area (Å²) < 4.78 is 5.06. The Balaban J connectivity index is 1.89. The molecule has 2 atom stereocenters. The largest absolute Gasteiger partial charge is 0.481 e. The molecule has 1 aliphatic carbocycles. The molecule has 2 aromatic rings. The van der Waals surface area contributed by atoms with Crippen LogP contribution in [0.4, 0.5) is 11.4 Å². The van der Waals surface area contributed by atoms with E-state index in [0.717, 1.165) is 30.0 Å². The Bertz CT molecular complexity index is 925. The molecular formula is C24H33N3O4. The van der Waals surface area contributed by atoms with E-state index in [2.05, 4.69) is 43.1 Å². The zero-order valence-corrected chi connectivity index (χ0v) is 19.0. The van der Waals surface area contributed by atoms with Gasteiger partial charge in [0.15, 0.2) is 0 Å². The molecular weight excluding hydrogens is 394 g/mol. The Morgan fingerprint density at radius 3 is 2.39 bits per heavy atom. The van der Waals surface area contributed by atoms with Crippen molar-refractivity contribution in [2.45, 2.75) is 53.4 Å². The number of aryl methyl sites for hydroxylation is 1. The number of carbonyl (C=O) groups is 2. The third kappa shape index (κ3) is 6.09. The van der Waals surface area contributed by atoms with Crippen molar-refractivity contribution in [3.63, 3.8) is 0 Å². The number of amides is 1. The maximum absolute atomic E-state index is 12.8. The molecule has 0 spiro atoms. The molecule has 1 aromatic carbocycles. The number of nitrogens with zero attached hydrogens (tertiary/aromatic N) is 2. The number of aromatic nitrogens is 1. The second-order valence-electron chi connectivity index (χ2n) is 9.41. The molecule has 31 heavy (non-hydrogen) atoms. The first kappa shape index (κ1) is 22.8. The van der Waals surface area contributed by atoms with E-state index in [4.69, 9.17) is 4.52 Å². The first-order valence-corrected chi connectivity index (χ1v) is 11.0. The maximum atomic E-state index is 12.8. The van der Waals surface area contributed by atoms with Crippen LogP contribution in [0.1, 0.15) is 57.1 Å². The number of nitrogens with one attached hydrogen (secondary N) is 1. The highest BCUT2D eigenvalue weighted by molar-refractivity contribution is 5.95. The van der Waals surface area contributed by atoms with E-state index >= 15 is 0 Å². The average Bonchev–Trinajstić information content (AvgIpc) is 3.37. The van der Waals surface area contributed by atoms with Gasteiger partial charge in [-0.3, -0.25) is 9.59 Å². The lowest BCUT2D eigenvalue weighted by molar-refractivity contribution is -0.138. The zero-order chi connectivity index (χ0) is 22.7. The third-order valence-corrected chi connectivity index (χ3v) is 5.36. The van der Waals surface area contributed by atoms with Gasteiger partial charge in [-0.25, -0.2) is 0 Å². The van der Waals surface area contributed by atoms with Crippen LogP contribution < -0.4 is 10.2 Å². The smallest absolute Gasteiger partial charge is 0.307 e. The highest BCUT2D eigenvalue weighted by atomic mass is 16.5. The van der Waals surface area contributed by atoms with Crippen molar-refractivity contribution >= 4 is 23.3 Å². The molecule has 1 aliphatic rings. The fourth-order valence-electron chi connectivity index (χ4n) is 4.01. The van der Waals surface area contributed by atoms with Gasteiger partial charge in [0.25, 0.3) is 0 Å². The predicted octanol–water partition coefficient (Wildman–Crippen LogP) is 4.47. The molecule has 7 heteroatoms. The van der Waals surface area contributed by atoms with Gasteiger partial charge in [-0.15, -0.1) is 0 Å². The second kappa shape index (κ2) is 9.54. The van der Waals surface area contributed by atoms with Gasteiger partial charge in [0.1, 0.15) is 5.76 Å². The lowest BCUT2D eigenvalue weighted by Gasteiger charge is -2.30. The number of rotatable bonds is 10. The fourth-order valence-corrected chi connectivity index (χ4v) is 4.01. The number of carboxylic acid groups (broad SMARTS) is 1. The van der Waals surface area contributed by atoms with Crippen LogP contribution in [0.3, 0.4) is 0 Å². The molecule has 1 heterocycles. The monoisotopic (exact) mass is 427 g/mol. The van der Waals surface area contributed by atoms with E-state index in [1.54, 1.807) is 13.0 Å². The molecule has 1 aromatic heterocycles. The Morgan fingerprint density at radius 2 is 1.87 bits per heavy atom. The number of benzene rings is 1. The second-order valence-corrected chi connectivity index (χ2v) is 9.41. The van der Waals surface area contributed by atoms with Crippen LogP contribution in [-0.2, 0) is 16.0 Å². The average molecular weight is 428 g/mol. The summed E-state index contributed by atoms with van der Waals surface area (Å²) in [5, 5.41) is 16.3. The molecule has 1 unspecified atom stereocenters. The maximum Gasteiger partial charge on any atom is 0.307 e. The quantitative estimate of drug-likeness (QED) is 0.581. The first-order chi connectivity index (χ1) is 14.6. The van der Waals surface area contributed by atoms with Crippen molar-refractivity contribution in [3.8, 4) is 0 Å². The molecule has 1 saturated carbocycles. The predicted molar refractivity (Wildman–Crippen MR) is 120 cm³/mol. The van der Waals surface area contributed by atoms with E-state index < -0.39 is 5.97 Å². The van der Waals surface area contributed by atoms with Crippen LogP contribution in [0.5, 0.6) is 0 Å². The molecule has 0 saturated heterocycles. The van der Waals surface area contributed by atoms with Gasteiger partial charge in [-0.1, -0.05) is 38.9 Å². The van der Waals surface area contributed by atoms with E-state index in [1.165, 1.54) is 0 Å². The van der Waals surface area contributed by atoms with E-state index in [-0.39, 0.29) is 24.2 Å². The minimum absolute atomic E-state index is 0.00374. The van der Waals surface area contributed by atoms with Gasteiger partial charge in [-0.05, 0) is 48.8 Å². The van der Waals surface area contributed by atoms with Gasteiger partial charge < -0.3 is 19.8 Å². The van der Waals surface area contributed by atoms with Crippen LogP contribution in [0.15, 0.2) is 28.8 Å². The Morgan fingerprint density at radius 1 is 1.19 bits per heavy atom. The summed E-state index contributed by atoms with van der Waals surface area (Å²) in [5.74, 6) is 0.311. The summed E-state index contributed by atoms with van der Waals surface area (Å²) in [5.41, 5.74) is 3.23. The summed E-state index contributed by atoms with van der Waals surface area (Å²) in [7, 11) is 0. The van der Waals surface area contributed by atoms with Gasteiger partial charge in [-0.2, -0.15) is 0 Å². The van der Waals surface area contributed by atoms with E-state index in [9.17, 15) is 14.7 Å². The van der Waals surface area contributed by atoms with Gasteiger partial charge in [0.05, 0.1) is 29.4 Å². The summed E-state index contributed by atoms with van der Waals surface area (Å²) in [6.07, 6.45) is 0.762. The number of carboxylic acids is 1. The first-order valence-electron chi connectivity index (χ1n) is 11.0. The molecule has 3 rings (SSSR count). The van der Waals surface area contributed by atoms with Crippen molar-refractivity contribution in [1.82, 2.24) is 5.16 Å². The van der Waals surface area contributed by atoms with Crippen molar-refractivity contribution in [2.24, 2.45) is 17.8 Å². The van der Waals surface area contributed by atoms with Gasteiger partial charge in [0.2, 0.25) is 5.91 Å². The highest BCUT2D eigenvalue weighted by Gasteiger charge is 2.44. The van der Waals surface area contributed by atoms with Crippen LogP contribution in [0.2, 0.25) is 0 Å². The SMILES string of the molecule is Cc1cc(CC(=O)Nc2cc(C3C[C@@H]3C(=O)O)ccc2N(CC(C)C)CC(C)C)no1. The highest BCUT2D eigenvalue weighted by Crippen LogP contribution is 2.49. The van der Waals surface area contributed by atoms with Crippen LogP contribution >= 0.6 is 0 Å². The Kier molecular flexibility index (Phi) is 7.03. The molecule has 1 amide bonds.